The van der Waals surface area contributed by atoms with E-state index in [1.807, 2.05) is 47.8 Å². The minimum absolute atomic E-state index is 0.0391. The SMILES string of the molecule is O=C(Cc1cccc2occc12)Nc1csc(-c2ccncc2)c1. The number of nitrogens with zero attached hydrogens (tertiary/aromatic N) is 1. The van der Waals surface area contributed by atoms with Crippen LogP contribution < -0.4 is 5.32 Å². The minimum Gasteiger partial charge on any atom is -0.464 e. The molecule has 0 aliphatic heterocycles. The highest BCUT2D eigenvalue weighted by Gasteiger charge is 2.10. The van der Waals surface area contributed by atoms with E-state index in [2.05, 4.69) is 10.3 Å². The Morgan fingerprint density at radius 3 is 2.92 bits per heavy atom. The number of anilines is 1. The molecular formula is C19H14N2O2S. The highest BCUT2D eigenvalue weighted by atomic mass is 32.1. The number of aromatic nitrogens is 1. The van der Waals surface area contributed by atoms with Crippen molar-refractivity contribution in [2.24, 2.45) is 0 Å². The van der Waals surface area contributed by atoms with Crippen molar-refractivity contribution in [3.05, 3.63) is 72.1 Å². The quantitative estimate of drug-likeness (QED) is 0.586. The summed E-state index contributed by atoms with van der Waals surface area (Å²) in [7, 11) is 0. The molecule has 0 bridgehead atoms. The second-order valence-corrected chi connectivity index (χ2v) is 6.32. The summed E-state index contributed by atoms with van der Waals surface area (Å²) >= 11 is 1.60. The fourth-order valence-electron chi connectivity index (χ4n) is 2.66. The fraction of sp³-hybridized carbons (Fsp3) is 0.0526. The van der Waals surface area contributed by atoms with Gasteiger partial charge in [-0.25, -0.2) is 0 Å². The third-order valence-corrected chi connectivity index (χ3v) is 4.76. The molecule has 1 N–H and O–H groups in total. The van der Waals surface area contributed by atoms with Crippen LogP contribution in [0.3, 0.4) is 0 Å². The summed E-state index contributed by atoms with van der Waals surface area (Å²) in [5.41, 5.74) is 3.67. The Morgan fingerprint density at radius 1 is 1.17 bits per heavy atom. The summed E-state index contributed by atoms with van der Waals surface area (Å²) in [6.07, 6.45) is 5.49. The van der Waals surface area contributed by atoms with Crippen molar-refractivity contribution >= 4 is 33.9 Å². The normalized spacial score (nSPS) is 10.8. The van der Waals surface area contributed by atoms with Gasteiger partial charge in [0.05, 0.1) is 18.4 Å². The van der Waals surface area contributed by atoms with Gasteiger partial charge in [0, 0.05) is 28.0 Å². The van der Waals surface area contributed by atoms with Crippen molar-refractivity contribution in [3.8, 4) is 10.4 Å². The maximum absolute atomic E-state index is 12.3. The lowest BCUT2D eigenvalue weighted by atomic mass is 10.1. The van der Waals surface area contributed by atoms with Crippen molar-refractivity contribution in [1.29, 1.82) is 0 Å². The predicted molar refractivity (Wildman–Crippen MR) is 96.1 cm³/mol. The molecule has 3 aromatic heterocycles. The van der Waals surface area contributed by atoms with Crippen molar-refractivity contribution in [2.75, 3.05) is 5.32 Å². The fourth-order valence-corrected chi connectivity index (χ4v) is 3.51. The number of furan rings is 1. The van der Waals surface area contributed by atoms with E-state index in [4.69, 9.17) is 4.42 Å². The molecule has 0 aliphatic carbocycles. The van der Waals surface area contributed by atoms with E-state index >= 15 is 0 Å². The summed E-state index contributed by atoms with van der Waals surface area (Å²) in [4.78, 5) is 17.5. The van der Waals surface area contributed by atoms with Crippen LogP contribution in [0.2, 0.25) is 0 Å². The first-order valence-electron chi connectivity index (χ1n) is 7.53. The number of fused-ring (bicyclic) bond motifs is 1. The molecule has 4 nitrogen and oxygen atoms in total. The van der Waals surface area contributed by atoms with Gasteiger partial charge in [0.2, 0.25) is 5.91 Å². The van der Waals surface area contributed by atoms with Crippen LogP contribution in [0.4, 0.5) is 5.69 Å². The molecular weight excluding hydrogens is 320 g/mol. The Labute approximate surface area is 142 Å². The Bertz CT molecular complexity index is 989. The van der Waals surface area contributed by atoms with E-state index < -0.39 is 0 Å². The zero-order valence-corrected chi connectivity index (χ0v) is 13.5. The summed E-state index contributed by atoms with van der Waals surface area (Å²) in [5, 5.41) is 5.90. The molecule has 0 saturated carbocycles. The van der Waals surface area contributed by atoms with Crippen LogP contribution in [0.5, 0.6) is 0 Å². The van der Waals surface area contributed by atoms with Crippen LogP contribution in [0, 0.1) is 0 Å². The molecule has 0 spiro atoms. The molecule has 4 rings (SSSR count). The number of amides is 1. The van der Waals surface area contributed by atoms with Gasteiger partial charge in [-0.1, -0.05) is 12.1 Å². The first-order chi connectivity index (χ1) is 11.8. The average Bonchev–Trinajstić information content (AvgIpc) is 3.25. The molecule has 0 saturated heterocycles. The molecule has 5 heteroatoms. The van der Waals surface area contributed by atoms with Crippen LogP contribution in [0.1, 0.15) is 5.56 Å². The number of hydrogen-bond acceptors (Lipinski definition) is 4. The van der Waals surface area contributed by atoms with Crippen molar-refractivity contribution in [1.82, 2.24) is 4.98 Å². The van der Waals surface area contributed by atoms with Gasteiger partial charge in [-0.2, -0.15) is 0 Å². The molecule has 118 valence electrons. The lowest BCUT2D eigenvalue weighted by Crippen LogP contribution is -2.13. The van der Waals surface area contributed by atoms with E-state index in [1.165, 1.54) is 0 Å². The number of hydrogen-bond donors (Lipinski definition) is 1. The topological polar surface area (TPSA) is 55.1 Å². The maximum atomic E-state index is 12.3. The molecule has 1 amide bonds. The zero-order chi connectivity index (χ0) is 16.4. The second kappa shape index (κ2) is 6.29. The summed E-state index contributed by atoms with van der Waals surface area (Å²) in [6, 6.07) is 13.5. The Kier molecular flexibility index (Phi) is 3.84. The van der Waals surface area contributed by atoms with Crippen LogP contribution in [-0.2, 0) is 11.2 Å². The second-order valence-electron chi connectivity index (χ2n) is 5.41. The monoisotopic (exact) mass is 334 g/mol. The number of nitrogens with one attached hydrogen (secondary N) is 1. The third-order valence-electron chi connectivity index (χ3n) is 3.79. The highest BCUT2D eigenvalue weighted by molar-refractivity contribution is 7.14. The lowest BCUT2D eigenvalue weighted by molar-refractivity contribution is -0.115. The first kappa shape index (κ1) is 14.7. The van der Waals surface area contributed by atoms with Gasteiger partial charge in [0.1, 0.15) is 5.58 Å². The molecule has 0 atom stereocenters. The van der Waals surface area contributed by atoms with Crippen molar-refractivity contribution in [3.63, 3.8) is 0 Å². The molecule has 0 unspecified atom stereocenters. The molecule has 4 aromatic rings. The Hall–Kier alpha value is -2.92. The molecule has 0 fully saturated rings. The van der Waals surface area contributed by atoms with Crippen LogP contribution in [-0.4, -0.2) is 10.9 Å². The van der Waals surface area contributed by atoms with Gasteiger partial charge in [-0.05, 0) is 41.5 Å². The van der Waals surface area contributed by atoms with Crippen LogP contribution >= 0.6 is 11.3 Å². The van der Waals surface area contributed by atoms with E-state index in [-0.39, 0.29) is 5.91 Å². The largest absolute Gasteiger partial charge is 0.464 e. The average molecular weight is 334 g/mol. The van der Waals surface area contributed by atoms with E-state index in [1.54, 1.807) is 30.0 Å². The standard InChI is InChI=1S/C19H14N2O2S/c22-19(10-14-2-1-3-17-16(14)6-9-23-17)21-15-11-18(24-12-15)13-4-7-20-8-5-13/h1-9,11-12H,10H2,(H,21,22). The molecule has 24 heavy (non-hydrogen) atoms. The Balaban J connectivity index is 1.49. The first-order valence-corrected chi connectivity index (χ1v) is 8.41. The number of carbonyl (C=O) groups excluding carboxylic acids is 1. The summed E-state index contributed by atoms with van der Waals surface area (Å²) in [5.74, 6) is -0.0391. The predicted octanol–water partition coefficient (Wildman–Crippen LogP) is 4.74. The summed E-state index contributed by atoms with van der Waals surface area (Å²) in [6.45, 7) is 0. The van der Waals surface area contributed by atoms with Gasteiger partial charge in [0.25, 0.3) is 0 Å². The van der Waals surface area contributed by atoms with Crippen LogP contribution in [0.15, 0.2) is 70.9 Å². The Morgan fingerprint density at radius 2 is 2.04 bits per heavy atom. The van der Waals surface area contributed by atoms with E-state index in [9.17, 15) is 4.79 Å². The van der Waals surface area contributed by atoms with Gasteiger partial charge in [-0.15, -0.1) is 11.3 Å². The van der Waals surface area contributed by atoms with Crippen LogP contribution in [0.25, 0.3) is 21.4 Å². The molecule has 0 radical (unpaired) electrons. The van der Waals surface area contributed by atoms with E-state index in [0.717, 1.165) is 32.7 Å². The number of rotatable bonds is 4. The number of thiophene rings is 1. The minimum atomic E-state index is -0.0391. The van der Waals surface area contributed by atoms with Gasteiger partial charge in [-0.3, -0.25) is 9.78 Å². The van der Waals surface area contributed by atoms with Crippen molar-refractivity contribution < 1.29 is 9.21 Å². The number of benzene rings is 1. The zero-order valence-electron chi connectivity index (χ0n) is 12.7. The highest BCUT2D eigenvalue weighted by Crippen LogP contribution is 2.29. The lowest BCUT2D eigenvalue weighted by Gasteiger charge is -2.04. The van der Waals surface area contributed by atoms with Gasteiger partial charge in [0.15, 0.2) is 0 Å². The molecule has 0 aliphatic rings. The molecule has 3 heterocycles. The number of pyridine rings is 1. The number of carbonyl (C=O) groups is 1. The molecule has 1 aromatic carbocycles. The smallest absolute Gasteiger partial charge is 0.228 e. The van der Waals surface area contributed by atoms with Gasteiger partial charge < -0.3 is 9.73 Å². The van der Waals surface area contributed by atoms with Gasteiger partial charge >= 0.3 is 0 Å². The third kappa shape index (κ3) is 2.94. The maximum Gasteiger partial charge on any atom is 0.228 e. The van der Waals surface area contributed by atoms with Crippen molar-refractivity contribution in [2.45, 2.75) is 6.42 Å². The summed E-state index contributed by atoms with van der Waals surface area (Å²) < 4.78 is 5.38. The van der Waals surface area contributed by atoms with E-state index in [0.29, 0.717) is 6.42 Å².